The van der Waals surface area contributed by atoms with Gasteiger partial charge in [-0.3, -0.25) is 4.79 Å². The van der Waals surface area contributed by atoms with Crippen LogP contribution in [0, 0.1) is 5.92 Å². The van der Waals surface area contributed by atoms with Crippen LogP contribution in [0.25, 0.3) is 10.9 Å². The van der Waals surface area contributed by atoms with Crippen molar-refractivity contribution in [2.24, 2.45) is 5.92 Å². The molecule has 1 aliphatic carbocycles. The lowest BCUT2D eigenvalue weighted by atomic mass is 9.57. The Morgan fingerprint density at radius 2 is 1.76 bits per heavy atom. The largest absolute Gasteiger partial charge is 0.497 e. The second-order valence-corrected chi connectivity index (χ2v) is 12.1. The summed E-state index contributed by atoms with van der Waals surface area (Å²) in [6.07, 6.45) is 2.90. The number of para-hydroxylation sites is 1. The molecule has 1 aliphatic heterocycles. The number of benzene rings is 4. The number of anilines is 1. The zero-order valence-corrected chi connectivity index (χ0v) is 24.8. The van der Waals surface area contributed by atoms with E-state index in [9.17, 15) is 4.79 Å². The highest BCUT2D eigenvalue weighted by molar-refractivity contribution is 6.30. The number of nitrogens with zero attached hydrogens (tertiary/aromatic N) is 1. The minimum absolute atomic E-state index is 0.0718. The number of aromatic amines is 1. The summed E-state index contributed by atoms with van der Waals surface area (Å²) in [7, 11) is 1.65. The number of aromatic nitrogens is 1. The van der Waals surface area contributed by atoms with Gasteiger partial charge in [-0.1, -0.05) is 73.5 Å². The quantitative estimate of drug-likeness (QED) is 0.198. The first-order valence-corrected chi connectivity index (χ1v) is 15.3. The summed E-state index contributed by atoms with van der Waals surface area (Å²) >= 11 is 6.76. The van der Waals surface area contributed by atoms with Crippen LogP contribution in [0.2, 0.25) is 5.02 Å². The number of H-pyrrole nitrogens is 1. The summed E-state index contributed by atoms with van der Waals surface area (Å²) in [4.78, 5) is 21.3. The van der Waals surface area contributed by atoms with Gasteiger partial charge < -0.3 is 14.6 Å². The standard InChI is InChI=1S/C37H35ClN2O2/c1-3-4-20-40-23-37(30-21-26(38)16-19-33(30)40)31(35(41)25-14-17-27(42-2)18-15-25)22-29(24-10-6-5-7-11-24)34-28-12-8-9-13-32(28)39-36(34)37/h5-19,21,29,31,39H,3-4,20,22-23H2,1-2H3. The number of hydrogen-bond donors (Lipinski definition) is 1. The highest BCUT2D eigenvalue weighted by Crippen LogP contribution is 2.59. The fourth-order valence-electron chi connectivity index (χ4n) is 7.55. The minimum Gasteiger partial charge on any atom is -0.497 e. The third kappa shape index (κ3) is 4.15. The minimum atomic E-state index is -0.579. The molecule has 42 heavy (non-hydrogen) atoms. The average molecular weight is 575 g/mol. The number of rotatable bonds is 7. The first-order chi connectivity index (χ1) is 20.5. The molecule has 5 heteroatoms. The first-order valence-electron chi connectivity index (χ1n) is 14.9. The molecule has 2 aliphatic rings. The number of ether oxygens (including phenoxy) is 1. The Bertz CT molecular complexity index is 1760. The molecule has 3 unspecified atom stereocenters. The Hall–Kier alpha value is -4.02. The van der Waals surface area contributed by atoms with Crippen LogP contribution in [-0.4, -0.2) is 31.0 Å². The van der Waals surface area contributed by atoms with E-state index in [1.165, 1.54) is 22.2 Å². The zero-order valence-electron chi connectivity index (χ0n) is 24.1. The summed E-state index contributed by atoms with van der Waals surface area (Å²) in [5.74, 6) is 0.669. The molecular weight excluding hydrogens is 540 g/mol. The van der Waals surface area contributed by atoms with E-state index in [0.717, 1.165) is 48.5 Å². The second-order valence-electron chi connectivity index (χ2n) is 11.7. The average Bonchev–Trinajstić information content (AvgIpc) is 3.57. The topological polar surface area (TPSA) is 45.3 Å². The number of unbranched alkanes of at least 4 members (excludes halogenated alkanes) is 1. The van der Waals surface area contributed by atoms with Crippen molar-refractivity contribution >= 4 is 34.0 Å². The second kappa shape index (κ2) is 10.7. The highest BCUT2D eigenvalue weighted by atomic mass is 35.5. The molecule has 5 aromatic rings. The van der Waals surface area contributed by atoms with Gasteiger partial charge in [0.2, 0.25) is 0 Å². The Morgan fingerprint density at radius 3 is 2.52 bits per heavy atom. The number of methoxy groups -OCH3 is 1. The van der Waals surface area contributed by atoms with Crippen molar-refractivity contribution in [3.8, 4) is 5.75 Å². The molecule has 1 N–H and O–H groups in total. The number of ketones is 1. The van der Waals surface area contributed by atoms with Gasteiger partial charge in [-0.15, -0.1) is 0 Å². The third-order valence-corrected chi connectivity index (χ3v) is 9.74. The van der Waals surface area contributed by atoms with Gasteiger partial charge in [-0.25, -0.2) is 0 Å². The number of hydrogen-bond acceptors (Lipinski definition) is 3. The van der Waals surface area contributed by atoms with E-state index < -0.39 is 5.41 Å². The maximum absolute atomic E-state index is 14.9. The van der Waals surface area contributed by atoms with Crippen LogP contribution in [-0.2, 0) is 5.41 Å². The van der Waals surface area contributed by atoms with Gasteiger partial charge in [-0.2, -0.15) is 0 Å². The Kier molecular flexibility index (Phi) is 6.82. The van der Waals surface area contributed by atoms with Crippen molar-refractivity contribution in [2.75, 3.05) is 25.1 Å². The number of halogens is 1. The maximum atomic E-state index is 14.9. The SMILES string of the molecule is CCCCN1CC2(c3cc(Cl)ccc31)c1[nH]c3ccccc3c1C(c1ccccc1)CC2C(=O)c1ccc(OC)cc1. The molecule has 7 rings (SSSR count). The lowest BCUT2D eigenvalue weighted by Crippen LogP contribution is -2.49. The van der Waals surface area contributed by atoms with Crippen molar-refractivity contribution in [2.45, 2.75) is 37.5 Å². The summed E-state index contributed by atoms with van der Waals surface area (Å²) in [6.45, 7) is 3.90. The van der Waals surface area contributed by atoms with Gasteiger partial charge in [0, 0.05) is 57.8 Å². The van der Waals surface area contributed by atoms with Crippen LogP contribution in [0.3, 0.4) is 0 Å². The van der Waals surface area contributed by atoms with Crippen LogP contribution < -0.4 is 9.64 Å². The van der Waals surface area contributed by atoms with Crippen molar-refractivity contribution in [1.82, 2.24) is 4.98 Å². The molecule has 0 fully saturated rings. The number of nitrogens with one attached hydrogen (secondary N) is 1. The molecular formula is C37H35ClN2O2. The van der Waals surface area contributed by atoms with E-state index in [4.69, 9.17) is 16.3 Å². The molecule has 1 spiro atoms. The lowest BCUT2D eigenvalue weighted by Gasteiger charge is -2.44. The van der Waals surface area contributed by atoms with Crippen molar-refractivity contribution in [3.63, 3.8) is 0 Å². The van der Waals surface area contributed by atoms with Crippen molar-refractivity contribution in [3.05, 3.63) is 130 Å². The Morgan fingerprint density at radius 1 is 1.00 bits per heavy atom. The normalized spacial score (nSPS) is 21.0. The van der Waals surface area contributed by atoms with Crippen LogP contribution in [0.5, 0.6) is 5.75 Å². The van der Waals surface area contributed by atoms with Gasteiger partial charge in [-0.05, 0) is 78.1 Å². The Labute approximate surface area is 252 Å². The molecule has 0 saturated heterocycles. The molecule has 0 bridgehead atoms. The van der Waals surface area contributed by atoms with Crippen LogP contribution in [0.15, 0.2) is 97.1 Å². The predicted octanol–water partition coefficient (Wildman–Crippen LogP) is 8.77. The maximum Gasteiger partial charge on any atom is 0.167 e. The monoisotopic (exact) mass is 574 g/mol. The van der Waals surface area contributed by atoms with E-state index >= 15 is 0 Å². The summed E-state index contributed by atoms with van der Waals surface area (Å²) in [5, 5.41) is 1.93. The van der Waals surface area contributed by atoms with E-state index in [1.54, 1.807) is 7.11 Å². The molecule has 4 aromatic carbocycles. The summed E-state index contributed by atoms with van der Waals surface area (Å²) in [5.41, 5.74) is 7.26. The molecule has 0 amide bonds. The van der Waals surface area contributed by atoms with Gasteiger partial charge in [0.25, 0.3) is 0 Å². The molecule has 4 nitrogen and oxygen atoms in total. The smallest absolute Gasteiger partial charge is 0.167 e. The van der Waals surface area contributed by atoms with Crippen LogP contribution in [0.1, 0.15) is 64.8 Å². The zero-order chi connectivity index (χ0) is 28.8. The van der Waals surface area contributed by atoms with Crippen molar-refractivity contribution < 1.29 is 9.53 Å². The molecule has 2 heterocycles. The lowest BCUT2D eigenvalue weighted by molar-refractivity contribution is 0.0844. The van der Waals surface area contributed by atoms with Crippen LogP contribution in [0.4, 0.5) is 5.69 Å². The van der Waals surface area contributed by atoms with E-state index in [1.807, 2.05) is 30.3 Å². The predicted molar refractivity (Wildman–Crippen MR) is 171 cm³/mol. The van der Waals surface area contributed by atoms with Gasteiger partial charge in [0.15, 0.2) is 5.78 Å². The first kappa shape index (κ1) is 26.9. The molecule has 3 atom stereocenters. The van der Waals surface area contributed by atoms with E-state index in [0.29, 0.717) is 17.0 Å². The molecule has 212 valence electrons. The molecule has 1 aromatic heterocycles. The fourth-order valence-corrected chi connectivity index (χ4v) is 7.73. The fraction of sp³-hybridized carbons (Fsp3) is 0.270. The molecule has 0 saturated carbocycles. The number of Topliss-reactive ketones (excluding diaryl/α,β-unsaturated/α-hetero) is 1. The number of carbonyl (C=O) groups excluding carboxylic acids is 1. The number of carbonyl (C=O) groups is 1. The number of fused-ring (bicyclic) bond motifs is 6. The summed E-state index contributed by atoms with van der Waals surface area (Å²) < 4.78 is 5.42. The van der Waals surface area contributed by atoms with E-state index in [-0.39, 0.29) is 17.6 Å². The Balaban J connectivity index is 1.52. The molecule has 0 radical (unpaired) electrons. The summed E-state index contributed by atoms with van der Waals surface area (Å²) in [6, 6.07) is 33.1. The third-order valence-electron chi connectivity index (χ3n) is 9.50. The van der Waals surface area contributed by atoms with Gasteiger partial charge in [0.1, 0.15) is 5.75 Å². The van der Waals surface area contributed by atoms with Gasteiger partial charge in [0.05, 0.1) is 12.5 Å². The van der Waals surface area contributed by atoms with Crippen LogP contribution >= 0.6 is 11.6 Å². The van der Waals surface area contributed by atoms with Crippen molar-refractivity contribution in [1.29, 1.82) is 0 Å². The highest BCUT2D eigenvalue weighted by Gasteiger charge is 2.57. The van der Waals surface area contributed by atoms with E-state index in [2.05, 4.69) is 83.5 Å². The van der Waals surface area contributed by atoms with Gasteiger partial charge >= 0.3 is 0 Å².